The van der Waals surface area contributed by atoms with Crippen LogP contribution in [0.15, 0.2) is 36.5 Å². The number of nitrogens with zero attached hydrogens (tertiary/aromatic N) is 2. The van der Waals surface area contributed by atoms with Crippen LogP contribution < -0.4 is 20.5 Å². The Bertz CT molecular complexity index is 977. The highest BCUT2D eigenvalue weighted by molar-refractivity contribution is 8.00. The smallest absolute Gasteiger partial charge is 0.230 e. The molecule has 2 saturated heterocycles. The molecule has 0 saturated carbocycles. The first-order chi connectivity index (χ1) is 15.5. The minimum Gasteiger partial charge on any atom is -0.549 e. The molecule has 2 aromatic rings. The molecule has 10 nitrogen and oxygen atoms in total. The zero-order valence-corrected chi connectivity index (χ0v) is 18.2. The molecule has 0 unspecified atom stereocenters. The number of carbonyl (C=O) groups excluding carboxylic acids is 2. The van der Waals surface area contributed by atoms with Crippen molar-refractivity contribution >= 4 is 29.6 Å². The van der Waals surface area contributed by atoms with E-state index in [4.69, 9.17) is 14.2 Å². The van der Waals surface area contributed by atoms with Gasteiger partial charge in [-0.15, -0.1) is 11.8 Å². The van der Waals surface area contributed by atoms with Gasteiger partial charge in [0.05, 0.1) is 49.8 Å². The average molecular weight is 460 g/mol. The largest absolute Gasteiger partial charge is 0.549 e. The zero-order chi connectivity index (χ0) is 22.5. The van der Waals surface area contributed by atoms with Crippen molar-refractivity contribution < 1.29 is 28.9 Å². The number of aromatic nitrogens is 2. The molecule has 2 aliphatic heterocycles. The highest BCUT2D eigenvalue weighted by Crippen LogP contribution is 2.30. The van der Waals surface area contributed by atoms with E-state index in [2.05, 4.69) is 20.6 Å². The maximum atomic E-state index is 12.1. The molecule has 4 atom stereocenters. The van der Waals surface area contributed by atoms with Gasteiger partial charge in [0.25, 0.3) is 0 Å². The number of hydrogen-bond acceptors (Lipinski definition) is 10. The molecule has 0 radical (unpaired) electrons. The first kappa shape index (κ1) is 22.3. The number of aliphatic carboxylic acids is 1. The van der Waals surface area contributed by atoms with Crippen molar-refractivity contribution in [1.82, 2.24) is 15.3 Å². The first-order valence-electron chi connectivity index (χ1n) is 10.1. The molecular weight excluding hydrogens is 436 g/mol. The van der Waals surface area contributed by atoms with Gasteiger partial charge in [0.1, 0.15) is 18.0 Å². The second-order valence-corrected chi connectivity index (χ2v) is 8.34. The second-order valence-electron chi connectivity index (χ2n) is 7.35. The lowest BCUT2D eigenvalue weighted by atomic mass is 10.1. The van der Waals surface area contributed by atoms with Crippen molar-refractivity contribution in [3.8, 4) is 17.0 Å². The first-order valence-corrected chi connectivity index (χ1v) is 11.2. The van der Waals surface area contributed by atoms with Gasteiger partial charge in [0.15, 0.2) is 0 Å². The number of carbonyl (C=O) groups is 2. The van der Waals surface area contributed by atoms with Gasteiger partial charge in [0, 0.05) is 17.5 Å². The molecule has 1 amide bonds. The Morgan fingerprint density at radius 1 is 1.16 bits per heavy atom. The van der Waals surface area contributed by atoms with E-state index in [1.165, 1.54) is 0 Å². The van der Waals surface area contributed by atoms with Gasteiger partial charge in [-0.2, -0.15) is 0 Å². The van der Waals surface area contributed by atoms with Crippen LogP contribution in [0.2, 0.25) is 0 Å². The van der Waals surface area contributed by atoms with Gasteiger partial charge >= 0.3 is 0 Å². The SMILES string of the molecule is COc1ccccc1-c1ccnc(N[C@H]2CO[C@H]3[C@@H]2OC[C@@H]3NC(=O)CSCC(=O)[O-])n1. The van der Waals surface area contributed by atoms with Crippen LogP contribution >= 0.6 is 11.8 Å². The number of carboxylic acids is 1. The monoisotopic (exact) mass is 459 g/mol. The molecule has 0 bridgehead atoms. The standard InChI is InChI=1S/C21H24N4O6S/c1-29-16-5-3-2-4-12(16)13-6-7-22-21(24-13)25-15-9-31-19-14(8-30-20(15)19)23-17(26)10-32-11-18(27)28/h2-7,14-15,19-20H,8-11H2,1H3,(H,23,26)(H,27,28)(H,22,24,25)/p-1/t14-,15-,19+,20+/m0/s1. The maximum Gasteiger partial charge on any atom is 0.230 e. The number of methoxy groups -OCH3 is 1. The van der Waals surface area contributed by atoms with Crippen LogP contribution in [0.25, 0.3) is 11.3 Å². The molecule has 1 aromatic carbocycles. The third-order valence-corrected chi connectivity index (χ3v) is 6.11. The molecule has 11 heteroatoms. The number of para-hydroxylation sites is 1. The number of benzene rings is 1. The quantitative estimate of drug-likeness (QED) is 0.514. The van der Waals surface area contributed by atoms with Crippen LogP contribution in [0.3, 0.4) is 0 Å². The van der Waals surface area contributed by atoms with E-state index in [-0.39, 0.29) is 41.7 Å². The number of hydrogen-bond donors (Lipinski definition) is 2. The summed E-state index contributed by atoms with van der Waals surface area (Å²) in [5, 5.41) is 16.6. The summed E-state index contributed by atoms with van der Waals surface area (Å²) >= 11 is 0.989. The molecule has 32 heavy (non-hydrogen) atoms. The van der Waals surface area contributed by atoms with E-state index >= 15 is 0 Å². The second kappa shape index (κ2) is 10.2. The van der Waals surface area contributed by atoms with Crippen LogP contribution in [-0.4, -0.2) is 78.0 Å². The minimum absolute atomic E-state index is 0.0348. The van der Waals surface area contributed by atoms with Crippen LogP contribution in [0.4, 0.5) is 5.95 Å². The van der Waals surface area contributed by atoms with Crippen molar-refractivity contribution in [3.05, 3.63) is 36.5 Å². The normalized spacial score (nSPS) is 24.0. The molecule has 2 aliphatic rings. The molecule has 1 aromatic heterocycles. The summed E-state index contributed by atoms with van der Waals surface area (Å²) in [5.41, 5.74) is 1.58. The molecule has 170 valence electrons. The van der Waals surface area contributed by atoms with E-state index in [1.807, 2.05) is 30.3 Å². The Labute approximate surface area is 189 Å². The number of anilines is 1. The Morgan fingerprint density at radius 2 is 1.91 bits per heavy atom. The Kier molecular flexibility index (Phi) is 7.08. The minimum atomic E-state index is -1.20. The van der Waals surface area contributed by atoms with Crippen molar-refractivity contribution in [2.24, 2.45) is 0 Å². The third-order valence-electron chi connectivity index (χ3n) is 5.21. The van der Waals surface area contributed by atoms with E-state index in [9.17, 15) is 14.7 Å². The highest BCUT2D eigenvalue weighted by Gasteiger charge is 2.48. The topological polar surface area (TPSA) is 135 Å². The number of carboxylic acid groups (broad SMARTS) is 1. The highest BCUT2D eigenvalue weighted by atomic mass is 32.2. The lowest BCUT2D eigenvalue weighted by molar-refractivity contribution is -0.301. The van der Waals surface area contributed by atoms with Crippen LogP contribution in [0, 0.1) is 0 Å². The number of rotatable bonds is 9. The van der Waals surface area contributed by atoms with Crippen molar-refractivity contribution in [1.29, 1.82) is 0 Å². The molecule has 2 fully saturated rings. The lowest BCUT2D eigenvalue weighted by Gasteiger charge is -2.18. The summed E-state index contributed by atoms with van der Waals surface area (Å²) in [7, 11) is 1.61. The van der Waals surface area contributed by atoms with E-state index in [1.54, 1.807) is 13.3 Å². The van der Waals surface area contributed by atoms with Gasteiger partial charge in [-0.25, -0.2) is 9.97 Å². The Morgan fingerprint density at radius 3 is 2.69 bits per heavy atom. The lowest BCUT2D eigenvalue weighted by Crippen LogP contribution is -2.45. The van der Waals surface area contributed by atoms with Gasteiger partial charge in [-0.05, 0) is 18.2 Å². The molecule has 4 rings (SSSR count). The van der Waals surface area contributed by atoms with Crippen molar-refractivity contribution in [2.75, 3.05) is 37.1 Å². The fraction of sp³-hybridized carbons (Fsp3) is 0.429. The van der Waals surface area contributed by atoms with Crippen LogP contribution in [0.5, 0.6) is 5.75 Å². The van der Waals surface area contributed by atoms with E-state index in [0.717, 1.165) is 28.8 Å². The number of ether oxygens (including phenoxy) is 3. The summed E-state index contributed by atoms with van der Waals surface area (Å²) in [6, 6.07) is 8.95. The number of amides is 1. The van der Waals surface area contributed by atoms with Gasteiger partial charge in [-0.1, -0.05) is 12.1 Å². The summed E-state index contributed by atoms with van der Waals surface area (Å²) in [5.74, 6) is -0.491. The van der Waals surface area contributed by atoms with E-state index in [0.29, 0.717) is 19.2 Å². The predicted octanol–water partition coefficient (Wildman–Crippen LogP) is -0.302. The Hall–Kier alpha value is -2.89. The maximum absolute atomic E-state index is 12.1. The summed E-state index contributed by atoms with van der Waals surface area (Å²) in [4.78, 5) is 31.5. The van der Waals surface area contributed by atoms with Crippen molar-refractivity contribution in [2.45, 2.75) is 24.3 Å². The summed E-state index contributed by atoms with van der Waals surface area (Å²) in [6.45, 7) is 0.690. The number of fused-ring (bicyclic) bond motifs is 1. The summed E-state index contributed by atoms with van der Waals surface area (Å²) in [6.07, 6.45) is 1.10. The average Bonchev–Trinajstić information content (AvgIpc) is 3.37. The van der Waals surface area contributed by atoms with Crippen molar-refractivity contribution in [3.63, 3.8) is 0 Å². The number of nitrogens with one attached hydrogen (secondary N) is 2. The Balaban J connectivity index is 1.36. The van der Waals surface area contributed by atoms with Gasteiger partial charge in [0.2, 0.25) is 11.9 Å². The summed E-state index contributed by atoms with van der Waals surface area (Å²) < 4.78 is 17.2. The van der Waals surface area contributed by atoms with Gasteiger partial charge in [-0.3, -0.25) is 4.79 Å². The number of thioether (sulfide) groups is 1. The van der Waals surface area contributed by atoms with Crippen LogP contribution in [-0.2, 0) is 19.1 Å². The van der Waals surface area contributed by atoms with E-state index < -0.39 is 5.97 Å². The zero-order valence-electron chi connectivity index (χ0n) is 17.4. The molecular formula is C21H23N4O6S-. The molecule has 0 spiro atoms. The molecule has 0 aliphatic carbocycles. The third kappa shape index (κ3) is 5.12. The molecule has 3 heterocycles. The fourth-order valence-corrected chi connectivity index (χ4v) is 4.36. The van der Waals surface area contributed by atoms with Gasteiger partial charge < -0.3 is 34.7 Å². The predicted molar refractivity (Wildman–Crippen MR) is 115 cm³/mol. The fourth-order valence-electron chi connectivity index (χ4n) is 3.82. The molecule has 2 N–H and O–H groups in total. The van der Waals surface area contributed by atoms with Crippen LogP contribution in [0.1, 0.15) is 0 Å².